The van der Waals surface area contributed by atoms with Crippen LogP contribution < -0.4 is 9.62 Å². The minimum Gasteiger partial charge on any atom is -0.370 e. The molecule has 19 heavy (non-hydrogen) atoms. The zero-order chi connectivity index (χ0) is 13.9. The molecule has 1 aromatic rings. The number of nitrogens with one attached hydrogen (secondary N) is 1. The van der Waals surface area contributed by atoms with E-state index >= 15 is 0 Å². The molecule has 1 fully saturated rings. The summed E-state index contributed by atoms with van der Waals surface area (Å²) in [5, 5.41) is -0.429. The number of piperidine rings is 1. The monoisotopic (exact) mass is 282 g/mol. The van der Waals surface area contributed by atoms with E-state index in [2.05, 4.69) is 9.62 Å². The average Bonchev–Trinajstić information content (AvgIpc) is 2.40. The maximum atomic E-state index is 12.0. The van der Waals surface area contributed by atoms with Gasteiger partial charge in [0.05, 0.1) is 16.6 Å². The highest BCUT2D eigenvalue weighted by Gasteiger charge is 2.20. The van der Waals surface area contributed by atoms with Crippen molar-refractivity contribution in [2.24, 2.45) is 0 Å². The molecule has 1 aliphatic heterocycles. The van der Waals surface area contributed by atoms with Crippen LogP contribution in [0.15, 0.2) is 24.3 Å². The van der Waals surface area contributed by atoms with Crippen molar-refractivity contribution in [2.45, 2.75) is 38.4 Å². The predicted molar refractivity (Wildman–Crippen MR) is 80.2 cm³/mol. The quantitative estimate of drug-likeness (QED) is 0.924. The number of sulfonamides is 1. The first-order valence-corrected chi connectivity index (χ1v) is 8.41. The van der Waals surface area contributed by atoms with Crippen LogP contribution in [-0.2, 0) is 10.0 Å². The van der Waals surface area contributed by atoms with Gasteiger partial charge in [0.2, 0.25) is 10.0 Å². The van der Waals surface area contributed by atoms with Gasteiger partial charge < -0.3 is 4.90 Å². The summed E-state index contributed by atoms with van der Waals surface area (Å²) in [5.74, 6) is 0. The number of hydrogen-bond donors (Lipinski definition) is 1. The van der Waals surface area contributed by atoms with Crippen molar-refractivity contribution in [1.82, 2.24) is 0 Å². The molecular weight excluding hydrogens is 260 g/mol. The van der Waals surface area contributed by atoms with Crippen molar-refractivity contribution in [3.63, 3.8) is 0 Å². The first-order valence-electron chi connectivity index (χ1n) is 6.86. The molecule has 1 aromatic carbocycles. The fraction of sp³-hybridized carbons (Fsp3) is 0.571. The Balaban J connectivity index is 2.26. The standard InChI is InChI=1S/C14H22N2O2S/c1-12(2)19(17,18)15-13-8-4-5-9-14(13)16-10-6-3-7-11-16/h4-5,8-9,12,15H,3,6-7,10-11H2,1-2H3. The highest BCUT2D eigenvalue weighted by Crippen LogP contribution is 2.29. The third-order valence-corrected chi connectivity index (χ3v) is 5.22. The molecule has 0 aromatic heterocycles. The van der Waals surface area contributed by atoms with Crippen LogP contribution in [0.5, 0.6) is 0 Å². The van der Waals surface area contributed by atoms with Gasteiger partial charge in [0.1, 0.15) is 0 Å². The second kappa shape index (κ2) is 5.82. The lowest BCUT2D eigenvalue weighted by molar-refractivity contribution is 0.578. The van der Waals surface area contributed by atoms with Gasteiger partial charge in [0.25, 0.3) is 0 Å². The highest BCUT2D eigenvalue weighted by molar-refractivity contribution is 7.93. The predicted octanol–water partition coefficient (Wildman–Crippen LogP) is 2.83. The van der Waals surface area contributed by atoms with Crippen LogP contribution in [0.2, 0.25) is 0 Å². The van der Waals surface area contributed by atoms with Gasteiger partial charge in [-0.3, -0.25) is 4.72 Å². The van der Waals surface area contributed by atoms with E-state index in [-0.39, 0.29) is 0 Å². The molecular formula is C14H22N2O2S. The van der Waals surface area contributed by atoms with E-state index in [1.807, 2.05) is 24.3 Å². The van der Waals surface area contributed by atoms with Gasteiger partial charge in [-0.1, -0.05) is 12.1 Å². The summed E-state index contributed by atoms with van der Waals surface area (Å²) in [7, 11) is -3.29. The third kappa shape index (κ3) is 3.41. The Kier molecular flexibility index (Phi) is 4.34. The molecule has 0 atom stereocenters. The molecule has 0 bridgehead atoms. The van der Waals surface area contributed by atoms with Crippen LogP contribution in [0.4, 0.5) is 11.4 Å². The molecule has 0 saturated carbocycles. The Morgan fingerprint density at radius 3 is 2.37 bits per heavy atom. The Labute approximate surface area is 115 Å². The number of para-hydroxylation sites is 2. The van der Waals surface area contributed by atoms with Crippen molar-refractivity contribution in [3.8, 4) is 0 Å². The molecule has 0 radical (unpaired) electrons. The molecule has 1 saturated heterocycles. The van der Waals surface area contributed by atoms with Gasteiger partial charge in [0.15, 0.2) is 0 Å². The van der Waals surface area contributed by atoms with Gasteiger partial charge >= 0.3 is 0 Å². The van der Waals surface area contributed by atoms with E-state index in [0.717, 1.165) is 18.8 Å². The molecule has 0 aliphatic carbocycles. The summed E-state index contributed by atoms with van der Waals surface area (Å²) in [6.45, 7) is 5.37. The summed E-state index contributed by atoms with van der Waals surface area (Å²) in [6, 6.07) is 7.65. The van der Waals surface area contributed by atoms with E-state index in [9.17, 15) is 8.42 Å². The van der Waals surface area contributed by atoms with Crippen molar-refractivity contribution >= 4 is 21.4 Å². The Hall–Kier alpha value is -1.23. The highest BCUT2D eigenvalue weighted by atomic mass is 32.2. The summed E-state index contributed by atoms with van der Waals surface area (Å²) in [5.41, 5.74) is 1.68. The van der Waals surface area contributed by atoms with Crippen LogP contribution in [0.3, 0.4) is 0 Å². The molecule has 4 nitrogen and oxygen atoms in total. The van der Waals surface area contributed by atoms with Crippen LogP contribution in [0, 0.1) is 0 Å². The first kappa shape index (κ1) is 14.2. The molecule has 5 heteroatoms. The normalized spacial score (nSPS) is 16.7. The van der Waals surface area contributed by atoms with Gasteiger partial charge in [-0.25, -0.2) is 8.42 Å². The summed E-state index contributed by atoms with van der Waals surface area (Å²) in [4.78, 5) is 2.27. The fourth-order valence-corrected chi connectivity index (χ4v) is 2.96. The second-order valence-corrected chi connectivity index (χ2v) is 7.50. The number of nitrogens with zero attached hydrogens (tertiary/aromatic N) is 1. The topological polar surface area (TPSA) is 49.4 Å². The average molecular weight is 282 g/mol. The summed E-state index contributed by atoms with van der Waals surface area (Å²) >= 11 is 0. The van der Waals surface area contributed by atoms with Crippen molar-refractivity contribution in [1.29, 1.82) is 0 Å². The van der Waals surface area contributed by atoms with Crippen LogP contribution >= 0.6 is 0 Å². The van der Waals surface area contributed by atoms with Crippen LogP contribution in [0.1, 0.15) is 33.1 Å². The van der Waals surface area contributed by atoms with Gasteiger partial charge in [0, 0.05) is 13.1 Å². The minimum atomic E-state index is -3.29. The summed E-state index contributed by atoms with van der Waals surface area (Å²) in [6.07, 6.45) is 3.60. The maximum Gasteiger partial charge on any atom is 0.235 e. The SMILES string of the molecule is CC(C)S(=O)(=O)Nc1ccccc1N1CCCCC1. The van der Waals surface area contributed by atoms with Crippen LogP contribution in [0.25, 0.3) is 0 Å². The summed E-state index contributed by atoms with van der Waals surface area (Å²) < 4.78 is 26.7. The van der Waals surface area contributed by atoms with E-state index in [0.29, 0.717) is 5.69 Å². The van der Waals surface area contributed by atoms with Crippen molar-refractivity contribution < 1.29 is 8.42 Å². The maximum absolute atomic E-state index is 12.0. The molecule has 1 heterocycles. The molecule has 1 N–H and O–H groups in total. The third-order valence-electron chi connectivity index (χ3n) is 3.47. The molecule has 0 unspecified atom stereocenters. The second-order valence-electron chi connectivity index (χ2n) is 5.26. The smallest absolute Gasteiger partial charge is 0.235 e. The van der Waals surface area contributed by atoms with E-state index in [4.69, 9.17) is 0 Å². The van der Waals surface area contributed by atoms with Gasteiger partial charge in [-0.2, -0.15) is 0 Å². The van der Waals surface area contributed by atoms with E-state index in [1.54, 1.807) is 13.8 Å². The molecule has 1 aliphatic rings. The number of hydrogen-bond acceptors (Lipinski definition) is 3. The Bertz CT molecular complexity index is 520. The molecule has 0 spiro atoms. The lowest BCUT2D eigenvalue weighted by Crippen LogP contribution is -2.31. The van der Waals surface area contributed by atoms with E-state index in [1.165, 1.54) is 19.3 Å². The zero-order valence-corrected chi connectivity index (χ0v) is 12.4. The van der Waals surface area contributed by atoms with Crippen LogP contribution in [-0.4, -0.2) is 26.8 Å². The van der Waals surface area contributed by atoms with Gasteiger partial charge in [-0.05, 0) is 45.2 Å². The lowest BCUT2D eigenvalue weighted by Gasteiger charge is -2.30. The van der Waals surface area contributed by atoms with Crippen molar-refractivity contribution in [3.05, 3.63) is 24.3 Å². The minimum absolute atomic E-state index is 0.429. The molecule has 2 rings (SSSR count). The Morgan fingerprint density at radius 2 is 1.74 bits per heavy atom. The largest absolute Gasteiger partial charge is 0.370 e. The van der Waals surface area contributed by atoms with Gasteiger partial charge in [-0.15, -0.1) is 0 Å². The number of benzene rings is 1. The molecule has 106 valence electrons. The Morgan fingerprint density at radius 1 is 1.11 bits per heavy atom. The number of anilines is 2. The number of rotatable bonds is 4. The zero-order valence-electron chi connectivity index (χ0n) is 11.6. The first-order chi connectivity index (χ1) is 9.00. The molecule has 0 amide bonds. The van der Waals surface area contributed by atoms with E-state index < -0.39 is 15.3 Å². The van der Waals surface area contributed by atoms with Crippen molar-refractivity contribution in [2.75, 3.05) is 22.7 Å². The fourth-order valence-electron chi connectivity index (χ4n) is 2.24. The lowest BCUT2D eigenvalue weighted by atomic mass is 10.1.